The van der Waals surface area contributed by atoms with Crippen LogP contribution in [-0.2, 0) is 32.0 Å². The number of fused-ring (bicyclic) bond motifs is 1. The summed E-state index contributed by atoms with van der Waals surface area (Å²) in [5, 5.41) is 59.1. The molecule has 2 aliphatic heterocycles. The Kier molecular flexibility index (Phi) is 8.60. The Morgan fingerprint density at radius 2 is 1.69 bits per heavy atom. The summed E-state index contributed by atoms with van der Waals surface area (Å²) in [7, 11) is -11.7. The molecule has 0 amide bonds. The Balaban J connectivity index is 1.39. The molecule has 2 fully saturated rings. The molecule has 4 rings (SSSR count). The van der Waals surface area contributed by atoms with Gasteiger partial charge in [0.25, 0.3) is 21.2 Å². The second-order valence-electron chi connectivity index (χ2n) is 8.40. The number of hydrogen-bond acceptors (Lipinski definition) is 19. The van der Waals surface area contributed by atoms with Gasteiger partial charge in [0.2, 0.25) is 5.95 Å². The van der Waals surface area contributed by atoms with Crippen molar-refractivity contribution in [1.82, 2.24) is 19.5 Å². The molecule has 9 N–H and O–H groups in total. The van der Waals surface area contributed by atoms with Crippen LogP contribution in [0.3, 0.4) is 0 Å². The fourth-order valence-electron chi connectivity index (χ4n) is 3.84. The average molecular weight is 603 g/mol. The van der Waals surface area contributed by atoms with Gasteiger partial charge in [0, 0.05) is 0 Å². The van der Waals surface area contributed by atoms with Crippen molar-refractivity contribution in [3.8, 4) is 0 Å². The molecular weight excluding hydrogens is 580 g/mol. The molecule has 0 bridgehead atoms. The van der Waals surface area contributed by atoms with E-state index in [1.807, 2.05) is 0 Å². The third-order valence-electron chi connectivity index (χ3n) is 5.74. The smallest absolute Gasteiger partial charge is 0.280 e. The van der Waals surface area contributed by atoms with E-state index in [1.165, 1.54) is 0 Å². The van der Waals surface area contributed by atoms with Gasteiger partial charge in [-0.15, -0.1) is 0 Å². The van der Waals surface area contributed by atoms with Gasteiger partial charge in [-0.05, 0) is 0 Å². The molecular formula is C16H23N5O16P2-2. The number of rotatable bonds is 9. The molecule has 21 nitrogen and oxygen atoms in total. The molecule has 11 atom stereocenters. The number of aliphatic hydroxyl groups is 6. The molecule has 2 saturated heterocycles. The summed E-state index contributed by atoms with van der Waals surface area (Å²) < 4.78 is 48.1. The Hall–Kier alpha value is -1.91. The van der Waals surface area contributed by atoms with Crippen LogP contribution in [-0.4, -0.2) is 112 Å². The number of ether oxygens (including phenoxy) is 2. The normalized spacial score (nSPS) is 36.6. The van der Waals surface area contributed by atoms with Crippen LogP contribution in [0.5, 0.6) is 0 Å². The number of phosphoric ester groups is 2. The first-order valence-corrected chi connectivity index (χ1v) is 13.8. The minimum Gasteiger partial charge on any atom is -0.756 e. The highest BCUT2D eigenvalue weighted by atomic mass is 31.3. The Labute approximate surface area is 216 Å². The van der Waals surface area contributed by atoms with Crippen LogP contribution in [0.4, 0.5) is 5.95 Å². The molecule has 0 aliphatic carbocycles. The molecule has 4 heterocycles. The van der Waals surface area contributed by atoms with Crippen LogP contribution in [0.1, 0.15) is 6.23 Å². The lowest BCUT2D eigenvalue weighted by Gasteiger charge is -2.41. The third kappa shape index (κ3) is 6.22. The molecule has 2 aliphatic rings. The second kappa shape index (κ2) is 11.2. The van der Waals surface area contributed by atoms with Crippen LogP contribution >= 0.6 is 15.6 Å². The highest BCUT2D eigenvalue weighted by Crippen LogP contribution is 2.57. The number of aromatic nitrogens is 4. The molecule has 3 unspecified atom stereocenters. The first-order chi connectivity index (χ1) is 18.1. The lowest BCUT2D eigenvalue weighted by Crippen LogP contribution is -2.59. The standard InChI is InChI=1S/C16H25N5O16P2/c17-16-19-12-6(13(28)20-16)18-3-21(12)14-10(26)8(24)5(34-14)2-33-38(29,30)37-39(31,32)36-15-11(27)9(25)7(23)4(1-22)35-15/h3-5,7-11,14-15,22-27H,1-2H2,(H,29,30)(H,31,32)(H3,17,19,20,28)/p-2/t4-,5+,7+,8+,9+,10+,11-,14+,15?/m0/s1. The summed E-state index contributed by atoms with van der Waals surface area (Å²) in [6, 6.07) is 0. The lowest BCUT2D eigenvalue weighted by molar-refractivity contribution is -0.305. The second-order valence-corrected chi connectivity index (χ2v) is 11.3. The highest BCUT2D eigenvalue weighted by molar-refractivity contribution is 7.59. The van der Waals surface area contributed by atoms with E-state index in [9.17, 15) is 49.2 Å². The van der Waals surface area contributed by atoms with Gasteiger partial charge >= 0.3 is 0 Å². The van der Waals surface area contributed by atoms with Crippen molar-refractivity contribution in [3.63, 3.8) is 0 Å². The fraction of sp³-hybridized carbons (Fsp3) is 0.688. The summed E-state index contributed by atoms with van der Waals surface area (Å²) in [5.41, 5.74) is 4.48. The summed E-state index contributed by atoms with van der Waals surface area (Å²) in [5.74, 6) is -0.292. The van der Waals surface area contributed by atoms with E-state index in [-0.39, 0.29) is 17.1 Å². The predicted molar refractivity (Wildman–Crippen MR) is 116 cm³/mol. The van der Waals surface area contributed by atoms with Crippen LogP contribution in [0, 0.1) is 0 Å². The molecule has 0 spiro atoms. The molecule has 2 aromatic rings. The zero-order chi connectivity index (χ0) is 28.9. The quantitative estimate of drug-likeness (QED) is 0.124. The van der Waals surface area contributed by atoms with Gasteiger partial charge in [-0.25, -0.2) is 9.29 Å². The number of nitrogens with zero attached hydrogens (tertiary/aromatic N) is 3. The van der Waals surface area contributed by atoms with E-state index in [1.54, 1.807) is 0 Å². The lowest BCUT2D eigenvalue weighted by atomic mass is 10.00. The van der Waals surface area contributed by atoms with Gasteiger partial charge in [-0.3, -0.25) is 28.0 Å². The number of anilines is 1. The minimum atomic E-state index is -5.91. The molecule has 39 heavy (non-hydrogen) atoms. The Morgan fingerprint density at radius 3 is 2.36 bits per heavy atom. The highest BCUT2D eigenvalue weighted by Gasteiger charge is 2.47. The number of hydrogen-bond donors (Lipinski definition) is 8. The number of phosphoric acid groups is 2. The molecule has 23 heteroatoms. The van der Waals surface area contributed by atoms with Crippen LogP contribution in [0.25, 0.3) is 11.2 Å². The topological polar surface area (TPSA) is 337 Å². The Morgan fingerprint density at radius 1 is 1.03 bits per heavy atom. The van der Waals surface area contributed by atoms with E-state index < -0.39 is 89.7 Å². The number of nitrogens with one attached hydrogen (secondary N) is 1. The number of imidazole rings is 1. The van der Waals surface area contributed by atoms with E-state index in [0.717, 1.165) is 10.9 Å². The molecule has 0 saturated carbocycles. The first-order valence-electron chi connectivity index (χ1n) is 10.8. The van der Waals surface area contributed by atoms with Gasteiger partial charge in [-0.1, -0.05) is 0 Å². The molecule has 0 aromatic carbocycles. The Bertz CT molecular complexity index is 1340. The van der Waals surface area contributed by atoms with Crippen LogP contribution in [0.2, 0.25) is 0 Å². The van der Waals surface area contributed by atoms with E-state index in [0.29, 0.717) is 0 Å². The maximum absolute atomic E-state index is 12.1. The first kappa shape index (κ1) is 30.1. The summed E-state index contributed by atoms with van der Waals surface area (Å²) >= 11 is 0. The van der Waals surface area contributed by atoms with Gasteiger partial charge in [0.05, 0.1) is 19.5 Å². The number of aromatic amines is 1. The summed E-state index contributed by atoms with van der Waals surface area (Å²) in [6.45, 7) is -2.01. The zero-order valence-electron chi connectivity index (χ0n) is 19.3. The van der Waals surface area contributed by atoms with Crippen molar-refractivity contribution >= 4 is 32.8 Å². The average Bonchev–Trinajstić information content (AvgIpc) is 3.38. The van der Waals surface area contributed by atoms with E-state index >= 15 is 0 Å². The van der Waals surface area contributed by atoms with Crippen LogP contribution in [0.15, 0.2) is 11.1 Å². The van der Waals surface area contributed by atoms with Crippen molar-refractivity contribution < 1.29 is 72.4 Å². The van der Waals surface area contributed by atoms with Gasteiger partial charge in [0.1, 0.15) is 42.7 Å². The van der Waals surface area contributed by atoms with E-state index in [2.05, 4.69) is 28.3 Å². The van der Waals surface area contributed by atoms with Crippen molar-refractivity contribution in [2.75, 3.05) is 18.9 Å². The molecule has 220 valence electrons. The number of nitrogen functional groups attached to an aromatic ring is 1. The van der Waals surface area contributed by atoms with Crippen LogP contribution < -0.4 is 21.1 Å². The SMILES string of the molecule is Nc1nc2c(ncn2[C@@H]2O[C@H](COP(=O)([O-])OP(=O)([O-])OC3O[C@@H](CO)[C@@H](O)[C@@H](O)[C@@H]3O)[C@@H](O)[C@H]2O)c(=O)[nH]1. The minimum absolute atomic E-state index is 0.135. The maximum atomic E-state index is 12.1. The predicted octanol–water partition coefficient (Wildman–Crippen LogP) is -5.89. The van der Waals surface area contributed by atoms with Crippen molar-refractivity contribution in [1.29, 1.82) is 0 Å². The van der Waals surface area contributed by atoms with E-state index in [4.69, 9.17) is 20.3 Å². The number of H-pyrrole nitrogens is 1. The van der Waals surface area contributed by atoms with Crippen molar-refractivity contribution in [3.05, 3.63) is 16.7 Å². The van der Waals surface area contributed by atoms with Crippen molar-refractivity contribution in [2.45, 2.75) is 55.2 Å². The summed E-state index contributed by atoms with van der Waals surface area (Å²) in [4.78, 5) is 46.1. The largest absolute Gasteiger partial charge is 0.756 e. The fourth-order valence-corrected chi connectivity index (χ4v) is 5.92. The van der Waals surface area contributed by atoms with Gasteiger partial charge < -0.3 is 60.2 Å². The monoisotopic (exact) mass is 603 g/mol. The van der Waals surface area contributed by atoms with Crippen molar-refractivity contribution in [2.24, 2.45) is 0 Å². The maximum Gasteiger partial charge on any atom is 0.280 e. The third-order valence-corrected chi connectivity index (χ3v) is 8.27. The zero-order valence-corrected chi connectivity index (χ0v) is 21.1. The number of nitrogens with two attached hydrogens (primary N) is 1. The molecule has 2 aromatic heterocycles. The van der Waals surface area contributed by atoms with Gasteiger partial charge in [0.15, 0.2) is 23.7 Å². The number of aliphatic hydroxyl groups excluding tert-OH is 6. The van der Waals surface area contributed by atoms with Gasteiger partial charge in [-0.2, -0.15) is 4.98 Å². The molecule has 0 radical (unpaired) electrons. The summed E-state index contributed by atoms with van der Waals surface area (Å²) in [6.07, 6.45) is -15.5.